The molecule has 1 aromatic heterocycles. The third-order valence-corrected chi connectivity index (χ3v) is 3.09. The summed E-state index contributed by atoms with van der Waals surface area (Å²) in [4.78, 5) is 15.8. The van der Waals surface area contributed by atoms with Crippen molar-refractivity contribution < 1.29 is 9.53 Å². The highest BCUT2D eigenvalue weighted by atomic mass is 16.5. The van der Waals surface area contributed by atoms with Gasteiger partial charge in [-0.05, 0) is 12.0 Å². The Morgan fingerprint density at radius 2 is 2.11 bits per heavy atom. The normalized spacial score (nSPS) is 12.1. The predicted octanol–water partition coefficient (Wildman–Crippen LogP) is 2.88. The lowest BCUT2D eigenvalue weighted by atomic mass is 10.1. The Labute approximate surface area is 113 Å². The minimum atomic E-state index is -0.211. The lowest BCUT2D eigenvalue weighted by Crippen LogP contribution is -2.18. The van der Waals surface area contributed by atoms with E-state index in [0.717, 1.165) is 12.0 Å². The molecular formula is C15H18N2O2. The molecule has 4 nitrogen and oxygen atoms in total. The molecule has 1 aromatic carbocycles. The maximum atomic E-state index is 11.8. The van der Waals surface area contributed by atoms with Crippen LogP contribution in [0.5, 0.6) is 5.88 Å². The van der Waals surface area contributed by atoms with Crippen molar-refractivity contribution in [3.05, 3.63) is 48.4 Å². The minimum Gasteiger partial charge on any atom is -0.407 e. The fraction of sp³-hybridized carbons (Fsp3) is 0.333. The standard InChI is InChI=1S/C15H18N2O2/c1-3-12(2)15(18)19-14-9-16-11-17(14)10-13-7-5-4-6-8-13/h4-9,11-12H,3,10H2,1-2H3. The van der Waals surface area contributed by atoms with Crippen LogP contribution in [0.3, 0.4) is 0 Å². The first-order valence-corrected chi connectivity index (χ1v) is 6.46. The van der Waals surface area contributed by atoms with Gasteiger partial charge in [-0.2, -0.15) is 0 Å². The van der Waals surface area contributed by atoms with Gasteiger partial charge in [-0.25, -0.2) is 4.98 Å². The van der Waals surface area contributed by atoms with Crippen molar-refractivity contribution in [2.45, 2.75) is 26.8 Å². The first kappa shape index (κ1) is 13.3. The van der Waals surface area contributed by atoms with E-state index in [1.807, 2.05) is 48.7 Å². The second-order valence-electron chi connectivity index (χ2n) is 4.58. The van der Waals surface area contributed by atoms with Crippen molar-refractivity contribution in [3.8, 4) is 5.88 Å². The predicted molar refractivity (Wildman–Crippen MR) is 72.9 cm³/mol. The number of ether oxygens (including phenoxy) is 1. The number of aromatic nitrogens is 2. The smallest absolute Gasteiger partial charge is 0.315 e. The number of carbonyl (C=O) groups is 1. The molecule has 1 heterocycles. The molecule has 0 spiro atoms. The third-order valence-electron chi connectivity index (χ3n) is 3.09. The van der Waals surface area contributed by atoms with Crippen LogP contribution in [-0.4, -0.2) is 15.5 Å². The van der Waals surface area contributed by atoms with Gasteiger partial charge in [0.15, 0.2) is 0 Å². The Morgan fingerprint density at radius 1 is 1.37 bits per heavy atom. The van der Waals surface area contributed by atoms with Gasteiger partial charge in [0.2, 0.25) is 5.88 Å². The van der Waals surface area contributed by atoms with E-state index >= 15 is 0 Å². The number of hydrogen-bond donors (Lipinski definition) is 0. The van der Waals surface area contributed by atoms with Gasteiger partial charge in [0.25, 0.3) is 0 Å². The fourth-order valence-electron chi connectivity index (χ4n) is 1.66. The molecule has 0 bridgehead atoms. The number of esters is 1. The first-order chi connectivity index (χ1) is 9.20. The summed E-state index contributed by atoms with van der Waals surface area (Å²) in [6, 6.07) is 10.00. The fourth-order valence-corrected chi connectivity index (χ4v) is 1.66. The number of benzene rings is 1. The van der Waals surface area contributed by atoms with Gasteiger partial charge in [-0.15, -0.1) is 0 Å². The van der Waals surface area contributed by atoms with Crippen LogP contribution in [-0.2, 0) is 11.3 Å². The van der Waals surface area contributed by atoms with Gasteiger partial charge in [0, 0.05) is 0 Å². The first-order valence-electron chi connectivity index (χ1n) is 6.46. The van der Waals surface area contributed by atoms with Gasteiger partial charge in [-0.1, -0.05) is 44.2 Å². The highest BCUT2D eigenvalue weighted by molar-refractivity contribution is 5.74. The van der Waals surface area contributed by atoms with Crippen molar-refractivity contribution >= 4 is 5.97 Å². The molecule has 0 radical (unpaired) electrons. The highest BCUT2D eigenvalue weighted by Crippen LogP contribution is 2.15. The van der Waals surface area contributed by atoms with Crippen LogP contribution in [0.15, 0.2) is 42.9 Å². The molecule has 0 saturated carbocycles. The summed E-state index contributed by atoms with van der Waals surface area (Å²) in [6.45, 7) is 4.47. The van der Waals surface area contributed by atoms with Gasteiger partial charge in [0.1, 0.15) is 0 Å². The summed E-state index contributed by atoms with van der Waals surface area (Å²) in [6.07, 6.45) is 4.01. The maximum absolute atomic E-state index is 11.8. The van der Waals surface area contributed by atoms with Gasteiger partial charge >= 0.3 is 5.97 Å². The summed E-state index contributed by atoms with van der Waals surface area (Å²) < 4.78 is 7.20. The molecule has 19 heavy (non-hydrogen) atoms. The lowest BCUT2D eigenvalue weighted by molar-refractivity contribution is -0.138. The Kier molecular flexibility index (Phi) is 4.34. The van der Waals surface area contributed by atoms with Crippen LogP contribution in [0.4, 0.5) is 0 Å². The monoisotopic (exact) mass is 258 g/mol. The van der Waals surface area contributed by atoms with E-state index in [4.69, 9.17) is 4.74 Å². The molecule has 0 aliphatic heterocycles. The van der Waals surface area contributed by atoms with Crippen molar-refractivity contribution in [1.82, 2.24) is 9.55 Å². The van der Waals surface area contributed by atoms with E-state index < -0.39 is 0 Å². The molecule has 0 N–H and O–H groups in total. The molecule has 0 saturated heterocycles. The Morgan fingerprint density at radius 3 is 2.79 bits per heavy atom. The number of imidazole rings is 1. The molecule has 100 valence electrons. The summed E-state index contributed by atoms with van der Waals surface area (Å²) in [5.74, 6) is 0.187. The number of hydrogen-bond acceptors (Lipinski definition) is 3. The van der Waals surface area contributed by atoms with Gasteiger partial charge < -0.3 is 4.74 Å². The van der Waals surface area contributed by atoms with E-state index in [1.54, 1.807) is 12.5 Å². The molecule has 0 fully saturated rings. The van der Waals surface area contributed by atoms with Crippen molar-refractivity contribution in [2.24, 2.45) is 5.92 Å². The van der Waals surface area contributed by atoms with Gasteiger partial charge in [-0.3, -0.25) is 9.36 Å². The van der Waals surface area contributed by atoms with E-state index in [0.29, 0.717) is 12.4 Å². The highest BCUT2D eigenvalue weighted by Gasteiger charge is 2.15. The molecular weight excluding hydrogens is 240 g/mol. The minimum absolute atomic E-state index is 0.0972. The van der Waals surface area contributed by atoms with E-state index in [9.17, 15) is 4.79 Å². The molecule has 1 unspecified atom stereocenters. The zero-order valence-electron chi connectivity index (χ0n) is 11.2. The zero-order chi connectivity index (χ0) is 13.7. The van der Waals surface area contributed by atoms with Crippen LogP contribution >= 0.6 is 0 Å². The SMILES string of the molecule is CCC(C)C(=O)Oc1cncn1Cc1ccccc1. The molecule has 0 aliphatic carbocycles. The Hall–Kier alpha value is -2.10. The summed E-state index contributed by atoms with van der Waals surface area (Å²) in [5, 5.41) is 0. The summed E-state index contributed by atoms with van der Waals surface area (Å²) >= 11 is 0. The summed E-state index contributed by atoms with van der Waals surface area (Å²) in [7, 11) is 0. The molecule has 4 heteroatoms. The Bertz CT molecular complexity index is 534. The van der Waals surface area contributed by atoms with E-state index in [2.05, 4.69) is 4.98 Å². The van der Waals surface area contributed by atoms with Crippen molar-refractivity contribution in [1.29, 1.82) is 0 Å². The van der Waals surface area contributed by atoms with Crippen LogP contribution in [0, 0.1) is 5.92 Å². The lowest BCUT2D eigenvalue weighted by Gasteiger charge is -2.11. The van der Waals surface area contributed by atoms with E-state index in [1.165, 1.54) is 0 Å². The summed E-state index contributed by atoms with van der Waals surface area (Å²) in [5.41, 5.74) is 1.14. The molecule has 2 rings (SSSR count). The largest absolute Gasteiger partial charge is 0.407 e. The van der Waals surface area contributed by atoms with Crippen LogP contribution < -0.4 is 4.74 Å². The molecule has 0 aliphatic rings. The second kappa shape index (κ2) is 6.18. The topological polar surface area (TPSA) is 44.1 Å². The van der Waals surface area contributed by atoms with E-state index in [-0.39, 0.29) is 11.9 Å². The molecule has 1 atom stereocenters. The van der Waals surface area contributed by atoms with Crippen molar-refractivity contribution in [3.63, 3.8) is 0 Å². The quantitative estimate of drug-likeness (QED) is 0.774. The second-order valence-corrected chi connectivity index (χ2v) is 4.58. The van der Waals surface area contributed by atoms with Crippen LogP contribution in [0.25, 0.3) is 0 Å². The van der Waals surface area contributed by atoms with Crippen LogP contribution in [0.1, 0.15) is 25.8 Å². The number of rotatable bonds is 5. The maximum Gasteiger partial charge on any atom is 0.315 e. The molecule has 0 amide bonds. The average Bonchev–Trinajstić information content (AvgIpc) is 2.86. The molecule has 2 aromatic rings. The van der Waals surface area contributed by atoms with Gasteiger partial charge in [0.05, 0.1) is 25.0 Å². The van der Waals surface area contributed by atoms with Crippen LogP contribution in [0.2, 0.25) is 0 Å². The Balaban J connectivity index is 2.08. The number of nitrogens with zero attached hydrogens (tertiary/aromatic N) is 2. The average molecular weight is 258 g/mol. The van der Waals surface area contributed by atoms with Crippen molar-refractivity contribution in [2.75, 3.05) is 0 Å². The third kappa shape index (κ3) is 3.44. The number of carbonyl (C=O) groups excluding carboxylic acids is 1. The zero-order valence-corrected chi connectivity index (χ0v) is 11.2.